The van der Waals surface area contributed by atoms with E-state index in [0.717, 1.165) is 25.1 Å². The number of pyridine rings is 1. The lowest BCUT2D eigenvalue weighted by Gasteiger charge is -2.14. The predicted octanol–water partition coefficient (Wildman–Crippen LogP) is 3.74. The summed E-state index contributed by atoms with van der Waals surface area (Å²) in [5.74, 6) is -0.458. The van der Waals surface area contributed by atoms with Crippen LogP contribution in [-0.4, -0.2) is 17.4 Å². The lowest BCUT2D eigenvalue weighted by molar-refractivity contribution is -0.117. The molecule has 0 saturated carbocycles. The van der Waals surface area contributed by atoms with Crippen molar-refractivity contribution in [3.8, 4) is 0 Å². The van der Waals surface area contributed by atoms with E-state index in [1.165, 1.54) is 11.3 Å². The zero-order chi connectivity index (χ0) is 15.5. The third-order valence-electron chi connectivity index (χ3n) is 3.39. The minimum Gasteiger partial charge on any atom is -0.329 e. The van der Waals surface area contributed by atoms with E-state index in [-0.39, 0.29) is 18.4 Å². The molecule has 112 valence electrons. The number of nitrogens with two attached hydrogens (primary N) is 1. The second kappa shape index (κ2) is 6.56. The van der Waals surface area contributed by atoms with Crippen LogP contribution in [-0.2, 0) is 4.79 Å². The van der Waals surface area contributed by atoms with Crippen molar-refractivity contribution >= 4 is 48.3 Å². The summed E-state index contributed by atoms with van der Waals surface area (Å²) in [6.45, 7) is 0.264. The molecule has 0 bridgehead atoms. The topological polar surface area (TPSA) is 68.0 Å². The highest BCUT2D eigenvalue weighted by Crippen LogP contribution is 2.30. The fourth-order valence-corrected chi connectivity index (χ4v) is 3.44. The number of halogens is 1. The molecule has 0 saturated heterocycles. The first-order valence-electron chi connectivity index (χ1n) is 6.77. The van der Waals surface area contributed by atoms with Crippen molar-refractivity contribution < 1.29 is 4.79 Å². The molecule has 3 aromatic rings. The van der Waals surface area contributed by atoms with Gasteiger partial charge in [-0.05, 0) is 35.2 Å². The summed E-state index contributed by atoms with van der Waals surface area (Å²) in [6, 6.07) is 11.5. The van der Waals surface area contributed by atoms with Gasteiger partial charge < -0.3 is 11.1 Å². The molecule has 3 N–H and O–H groups in total. The molecule has 2 aromatic heterocycles. The van der Waals surface area contributed by atoms with Crippen LogP contribution < -0.4 is 11.1 Å². The molecule has 2 heterocycles. The number of carbonyl (C=O) groups is 1. The number of anilines is 1. The zero-order valence-electron chi connectivity index (χ0n) is 11.6. The molecule has 0 aliphatic carbocycles. The van der Waals surface area contributed by atoms with Crippen LogP contribution in [0.4, 0.5) is 5.00 Å². The summed E-state index contributed by atoms with van der Waals surface area (Å²) in [4.78, 5) is 16.6. The molecule has 1 amide bonds. The fraction of sp³-hybridized carbons (Fsp3) is 0.125. The van der Waals surface area contributed by atoms with Crippen molar-refractivity contribution in [2.24, 2.45) is 5.73 Å². The van der Waals surface area contributed by atoms with Crippen molar-refractivity contribution in [1.29, 1.82) is 0 Å². The Morgan fingerprint density at radius 3 is 2.77 bits per heavy atom. The van der Waals surface area contributed by atoms with Gasteiger partial charge in [-0.3, -0.25) is 9.78 Å². The van der Waals surface area contributed by atoms with E-state index in [9.17, 15) is 4.79 Å². The van der Waals surface area contributed by atoms with Gasteiger partial charge in [-0.1, -0.05) is 28.1 Å². The van der Waals surface area contributed by atoms with Crippen LogP contribution >= 0.6 is 27.3 Å². The average Bonchev–Trinajstić information content (AvgIpc) is 2.92. The smallest absolute Gasteiger partial charge is 0.233 e. The number of aromatic nitrogens is 1. The summed E-state index contributed by atoms with van der Waals surface area (Å²) >= 11 is 4.90. The monoisotopic (exact) mass is 375 g/mol. The molecule has 1 unspecified atom stereocenters. The fourth-order valence-electron chi connectivity index (χ4n) is 2.24. The molecule has 6 heteroatoms. The third kappa shape index (κ3) is 3.19. The molecule has 0 aliphatic heterocycles. The van der Waals surface area contributed by atoms with Crippen LogP contribution in [0.3, 0.4) is 0 Å². The molecule has 0 aliphatic rings. The van der Waals surface area contributed by atoms with Crippen molar-refractivity contribution in [1.82, 2.24) is 4.98 Å². The number of fused-ring (bicyclic) bond motifs is 1. The quantitative estimate of drug-likeness (QED) is 0.729. The Balaban J connectivity index is 1.80. The molecule has 0 radical (unpaired) electrons. The number of thiophene rings is 1. The van der Waals surface area contributed by atoms with Gasteiger partial charge >= 0.3 is 0 Å². The third-order valence-corrected chi connectivity index (χ3v) is 4.92. The Labute approximate surface area is 140 Å². The molecule has 4 nitrogen and oxygen atoms in total. The maximum Gasteiger partial charge on any atom is 0.233 e. The highest BCUT2D eigenvalue weighted by Gasteiger charge is 2.19. The van der Waals surface area contributed by atoms with Gasteiger partial charge in [0.25, 0.3) is 0 Å². The Morgan fingerprint density at radius 1 is 1.32 bits per heavy atom. The first-order valence-corrected chi connectivity index (χ1v) is 8.38. The highest BCUT2D eigenvalue weighted by atomic mass is 79.9. The lowest BCUT2D eigenvalue weighted by atomic mass is 9.98. The van der Waals surface area contributed by atoms with Gasteiger partial charge in [0, 0.05) is 23.4 Å². The molecule has 0 fully saturated rings. The first-order chi connectivity index (χ1) is 10.7. The Kier molecular flexibility index (Phi) is 4.52. The van der Waals surface area contributed by atoms with Gasteiger partial charge in [-0.2, -0.15) is 0 Å². The van der Waals surface area contributed by atoms with Crippen molar-refractivity contribution in [2.45, 2.75) is 5.92 Å². The van der Waals surface area contributed by atoms with Gasteiger partial charge in [0.2, 0.25) is 5.91 Å². The van der Waals surface area contributed by atoms with Crippen LogP contribution in [0, 0.1) is 0 Å². The normalized spacial score (nSPS) is 12.3. The van der Waals surface area contributed by atoms with Gasteiger partial charge in [0.05, 0.1) is 15.6 Å². The van der Waals surface area contributed by atoms with E-state index in [4.69, 9.17) is 5.73 Å². The largest absolute Gasteiger partial charge is 0.329 e. The lowest BCUT2D eigenvalue weighted by Crippen LogP contribution is -2.27. The van der Waals surface area contributed by atoms with E-state index in [2.05, 4.69) is 26.2 Å². The van der Waals surface area contributed by atoms with Crippen molar-refractivity contribution in [3.63, 3.8) is 0 Å². The summed E-state index contributed by atoms with van der Waals surface area (Å²) in [5, 5.41) is 4.84. The number of hydrogen-bond acceptors (Lipinski definition) is 4. The number of hydrogen-bond donors (Lipinski definition) is 2. The van der Waals surface area contributed by atoms with Gasteiger partial charge in [0.1, 0.15) is 0 Å². The minimum absolute atomic E-state index is 0.0932. The summed E-state index contributed by atoms with van der Waals surface area (Å²) < 4.78 is 2.02. The summed E-state index contributed by atoms with van der Waals surface area (Å²) in [5.41, 5.74) is 6.70. The van der Waals surface area contributed by atoms with Crippen LogP contribution in [0.25, 0.3) is 10.1 Å². The number of amides is 1. The van der Waals surface area contributed by atoms with E-state index < -0.39 is 0 Å². The Bertz CT molecular complexity index is 768. The van der Waals surface area contributed by atoms with Gasteiger partial charge in [-0.15, -0.1) is 11.3 Å². The molecule has 1 aromatic carbocycles. The maximum atomic E-state index is 12.5. The first kappa shape index (κ1) is 15.1. The second-order valence-electron chi connectivity index (χ2n) is 4.85. The van der Waals surface area contributed by atoms with Gasteiger partial charge in [0.15, 0.2) is 0 Å². The SMILES string of the molecule is NCC(C(=O)Nc1cc2ccncc2s1)c1ccc(Br)cc1. The zero-order valence-corrected chi connectivity index (χ0v) is 14.0. The molecular weight excluding hydrogens is 362 g/mol. The molecule has 1 atom stereocenters. The number of benzene rings is 1. The molecule has 22 heavy (non-hydrogen) atoms. The maximum absolute atomic E-state index is 12.5. The summed E-state index contributed by atoms with van der Waals surface area (Å²) in [6.07, 6.45) is 3.54. The number of rotatable bonds is 4. The van der Waals surface area contributed by atoms with E-state index >= 15 is 0 Å². The number of nitrogens with zero attached hydrogens (tertiary/aromatic N) is 1. The van der Waals surface area contributed by atoms with E-state index in [1.807, 2.05) is 36.4 Å². The van der Waals surface area contributed by atoms with Crippen LogP contribution in [0.2, 0.25) is 0 Å². The molecular formula is C16H14BrN3OS. The standard InChI is InChI=1S/C16H14BrN3OS/c17-12-3-1-10(2-4-12)13(8-18)16(21)20-15-7-11-5-6-19-9-14(11)22-15/h1-7,9,13H,8,18H2,(H,20,21). The van der Waals surface area contributed by atoms with Crippen LogP contribution in [0.15, 0.2) is 53.3 Å². The number of nitrogens with one attached hydrogen (secondary N) is 1. The van der Waals surface area contributed by atoms with Crippen molar-refractivity contribution in [2.75, 3.05) is 11.9 Å². The van der Waals surface area contributed by atoms with E-state index in [1.54, 1.807) is 12.4 Å². The second-order valence-corrected chi connectivity index (χ2v) is 6.85. The highest BCUT2D eigenvalue weighted by molar-refractivity contribution is 9.10. The minimum atomic E-state index is -0.364. The Morgan fingerprint density at radius 2 is 2.09 bits per heavy atom. The average molecular weight is 376 g/mol. The number of carbonyl (C=O) groups excluding carboxylic acids is 1. The Hall–Kier alpha value is -1.76. The predicted molar refractivity (Wildman–Crippen MR) is 94.2 cm³/mol. The summed E-state index contributed by atoms with van der Waals surface area (Å²) in [7, 11) is 0. The molecule has 0 spiro atoms. The van der Waals surface area contributed by atoms with Gasteiger partial charge in [-0.25, -0.2) is 0 Å². The molecule has 3 rings (SSSR count). The van der Waals surface area contributed by atoms with Crippen LogP contribution in [0.1, 0.15) is 11.5 Å². The van der Waals surface area contributed by atoms with E-state index in [0.29, 0.717) is 0 Å². The van der Waals surface area contributed by atoms with Crippen LogP contribution in [0.5, 0.6) is 0 Å². The van der Waals surface area contributed by atoms with Crippen molar-refractivity contribution in [3.05, 3.63) is 58.8 Å².